The van der Waals surface area contributed by atoms with Crippen molar-refractivity contribution in [2.45, 2.75) is 6.04 Å². The van der Waals surface area contributed by atoms with Gasteiger partial charge in [-0.05, 0) is 24.3 Å². The fraction of sp³-hybridized carbons (Fsp3) is 0.105. The fourth-order valence-corrected chi connectivity index (χ4v) is 2.58. The highest BCUT2D eigenvalue weighted by Crippen LogP contribution is 2.19. The first kappa shape index (κ1) is 16.9. The predicted molar refractivity (Wildman–Crippen MR) is 88.8 cm³/mol. The minimum atomic E-state index is -0.806. The normalized spacial score (nSPS) is 11.9. The number of para-hydroxylation sites is 1. The van der Waals surface area contributed by atoms with Gasteiger partial charge in [0, 0.05) is 5.56 Å². The van der Waals surface area contributed by atoms with Crippen molar-refractivity contribution in [2.24, 2.45) is 0 Å². The van der Waals surface area contributed by atoms with Crippen LogP contribution in [0.25, 0.3) is 0 Å². The van der Waals surface area contributed by atoms with Gasteiger partial charge in [0.1, 0.15) is 17.3 Å². The Balaban J connectivity index is 1.70. The van der Waals surface area contributed by atoms with Crippen LogP contribution in [0.15, 0.2) is 71.3 Å². The van der Waals surface area contributed by atoms with E-state index in [-0.39, 0.29) is 12.6 Å². The minimum absolute atomic E-state index is 0.0198. The van der Waals surface area contributed by atoms with E-state index < -0.39 is 23.2 Å². The van der Waals surface area contributed by atoms with Crippen molar-refractivity contribution in [3.63, 3.8) is 0 Å². The van der Waals surface area contributed by atoms with Gasteiger partial charge in [-0.1, -0.05) is 36.4 Å². The van der Waals surface area contributed by atoms with Gasteiger partial charge in [0.05, 0.1) is 6.26 Å². The number of hydrogen-bond donors (Lipinski definition) is 2. The van der Waals surface area contributed by atoms with E-state index in [0.717, 1.165) is 17.7 Å². The van der Waals surface area contributed by atoms with Crippen LogP contribution < -0.4 is 10.6 Å². The number of carbonyl (C=O) groups excluding carboxylic acids is 1. The number of amides is 1. The lowest BCUT2D eigenvalue weighted by Gasteiger charge is -2.14. The van der Waals surface area contributed by atoms with E-state index in [9.17, 15) is 13.6 Å². The molecule has 128 valence electrons. The molecule has 1 heterocycles. The van der Waals surface area contributed by atoms with E-state index in [2.05, 4.69) is 5.32 Å². The van der Waals surface area contributed by atoms with Gasteiger partial charge in [-0.25, -0.2) is 8.78 Å². The summed E-state index contributed by atoms with van der Waals surface area (Å²) >= 11 is 0. The summed E-state index contributed by atoms with van der Waals surface area (Å²) in [6.45, 7) is -0.0198. The molecule has 0 bridgehead atoms. The zero-order valence-electron chi connectivity index (χ0n) is 13.3. The maximum absolute atomic E-state index is 13.6. The van der Waals surface area contributed by atoms with E-state index in [1.54, 1.807) is 17.6 Å². The summed E-state index contributed by atoms with van der Waals surface area (Å²) < 4.78 is 32.7. The van der Waals surface area contributed by atoms with Crippen LogP contribution in [-0.4, -0.2) is 12.5 Å². The van der Waals surface area contributed by atoms with E-state index in [0.29, 0.717) is 5.76 Å². The van der Waals surface area contributed by atoms with Crippen LogP contribution in [0.5, 0.6) is 0 Å². The second kappa shape index (κ2) is 7.72. The summed E-state index contributed by atoms with van der Waals surface area (Å²) in [5.74, 6) is -1.43. The molecule has 0 saturated carbocycles. The molecule has 0 aliphatic heterocycles. The molecule has 3 aromatic rings. The number of quaternary nitrogens is 1. The summed E-state index contributed by atoms with van der Waals surface area (Å²) in [6.07, 6.45) is 1.56. The van der Waals surface area contributed by atoms with Gasteiger partial charge in [-0.2, -0.15) is 0 Å². The molecule has 3 rings (SSSR count). The molecule has 1 amide bonds. The Bertz CT molecular complexity index is 816. The Labute approximate surface area is 143 Å². The number of halogens is 2. The van der Waals surface area contributed by atoms with Crippen LogP contribution in [0.3, 0.4) is 0 Å². The molecule has 1 atom stereocenters. The van der Waals surface area contributed by atoms with Crippen LogP contribution in [0.1, 0.15) is 17.4 Å². The zero-order chi connectivity index (χ0) is 17.6. The fourth-order valence-electron chi connectivity index (χ4n) is 2.58. The predicted octanol–water partition coefficient (Wildman–Crippen LogP) is 2.85. The quantitative estimate of drug-likeness (QED) is 0.723. The number of nitrogens with one attached hydrogen (secondary N) is 1. The van der Waals surface area contributed by atoms with Crippen molar-refractivity contribution in [1.29, 1.82) is 0 Å². The topological polar surface area (TPSA) is 58.9 Å². The van der Waals surface area contributed by atoms with Gasteiger partial charge >= 0.3 is 0 Å². The SMILES string of the molecule is O=C(C[NH2+][C@@H](c1ccccc1)c1ccco1)Nc1c(F)cccc1F. The summed E-state index contributed by atoms with van der Waals surface area (Å²) in [6, 6.07) is 16.3. The first-order valence-corrected chi connectivity index (χ1v) is 7.80. The molecule has 0 aliphatic rings. The number of rotatable bonds is 6. The Kier molecular flexibility index (Phi) is 5.20. The number of hydrogen-bond acceptors (Lipinski definition) is 2. The largest absolute Gasteiger partial charge is 0.463 e. The minimum Gasteiger partial charge on any atom is -0.463 e. The highest BCUT2D eigenvalue weighted by atomic mass is 19.1. The first-order valence-electron chi connectivity index (χ1n) is 7.80. The van der Waals surface area contributed by atoms with Gasteiger partial charge in [0.2, 0.25) is 0 Å². The third-order valence-corrected chi connectivity index (χ3v) is 3.77. The summed E-state index contributed by atoms with van der Waals surface area (Å²) in [7, 11) is 0. The van der Waals surface area contributed by atoms with Gasteiger partial charge in [-0.15, -0.1) is 0 Å². The third-order valence-electron chi connectivity index (χ3n) is 3.77. The van der Waals surface area contributed by atoms with Crippen molar-refractivity contribution < 1.29 is 23.3 Å². The second-order valence-corrected chi connectivity index (χ2v) is 5.49. The lowest BCUT2D eigenvalue weighted by Crippen LogP contribution is -2.87. The molecular formula is C19H17F2N2O2+. The highest BCUT2D eigenvalue weighted by Gasteiger charge is 2.22. The molecule has 0 saturated heterocycles. The summed E-state index contributed by atoms with van der Waals surface area (Å²) in [5.41, 5.74) is 0.525. The molecule has 6 heteroatoms. The zero-order valence-corrected chi connectivity index (χ0v) is 13.3. The van der Waals surface area contributed by atoms with Crippen LogP contribution in [0, 0.1) is 11.6 Å². The Morgan fingerprint density at radius 3 is 2.36 bits per heavy atom. The van der Waals surface area contributed by atoms with Crippen LogP contribution >= 0.6 is 0 Å². The molecule has 0 aliphatic carbocycles. The Hall–Kier alpha value is -2.99. The van der Waals surface area contributed by atoms with Crippen LogP contribution in [0.4, 0.5) is 14.5 Å². The molecule has 25 heavy (non-hydrogen) atoms. The second-order valence-electron chi connectivity index (χ2n) is 5.49. The lowest BCUT2D eigenvalue weighted by molar-refractivity contribution is -0.678. The molecule has 4 nitrogen and oxygen atoms in total. The maximum Gasteiger partial charge on any atom is 0.279 e. The molecule has 0 spiro atoms. The average molecular weight is 343 g/mol. The summed E-state index contributed by atoms with van der Waals surface area (Å²) in [5, 5.41) is 4.03. The smallest absolute Gasteiger partial charge is 0.279 e. The van der Waals surface area contributed by atoms with E-state index in [1.165, 1.54) is 6.07 Å². The molecular weight excluding hydrogens is 326 g/mol. The molecule has 0 fully saturated rings. The van der Waals surface area contributed by atoms with E-state index >= 15 is 0 Å². The number of benzene rings is 2. The molecule has 0 unspecified atom stereocenters. The van der Waals surface area contributed by atoms with Gasteiger partial charge in [-0.3, -0.25) is 4.79 Å². The van der Waals surface area contributed by atoms with Crippen molar-refractivity contribution >= 4 is 11.6 Å². The Morgan fingerprint density at radius 2 is 1.72 bits per heavy atom. The van der Waals surface area contributed by atoms with E-state index in [1.807, 2.05) is 36.4 Å². The van der Waals surface area contributed by atoms with Gasteiger partial charge in [0.15, 0.2) is 18.3 Å². The van der Waals surface area contributed by atoms with Crippen LogP contribution in [-0.2, 0) is 4.79 Å². The number of anilines is 1. The van der Waals surface area contributed by atoms with Crippen molar-refractivity contribution in [3.8, 4) is 0 Å². The number of furan rings is 1. The molecule has 1 aromatic heterocycles. The highest BCUT2D eigenvalue weighted by molar-refractivity contribution is 5.91. The maximum atomic E-state index is 13.6. The van der Waals surface area contributed by atoms with Crippen LogP contribution in [0.2, 0.25) is 0 Å². The van der Waals surface area contributed by atoms with Crippen molar-refractivity contribution in [1.82, 2.24) is 0 Å². The monoisotopic (exact) mass is 343 g/mol. The molecule has 0 radical (unpaired) electrons. The van der Waals surface area contributed by atoms with Gasteiger partial charge in [0.25, 0.3) is 5.91 Å². The molecule has 3 N–H and O–H groups in total. The van der Waals surface area contributed by atoms with Gasteiger partial charge < -0.3 is 15.1 Å². The third kappa shape index (κ3) is 4.10. The van der Waals surface area contributed by atoms with E-state index in [4.69, 9.17) is 4.42 Å². The van der Waals surface area contributed by atoms with Crippen molar-refractivity contribution in [3.05, 3.63) is 89.9 Å². The Morgan fingerprint density at radius 1 is 1.00 bits per heavy atom. The number of nitrogens with two attached hydrogens (primary N) is 1. The number of carbonyl (C=O) groups is 1. The standard InChI is InChI=1S/C19H16F2N2O2/c20-14-8-4-9-15(21)19(14)23-17(24)12-22-18(16-10-5-11-25-16)13-6-2-1-3-7-13/h1-11,18,22H,12H2,(H,23,24)/p+1/t18-/m0/s1. The first-order chi connectivity index (χ1) is 12.1. The lowest BCUT2D eigenvalue weighted by atomic mass is 10.0. The summed E-state index contributed by atoms with van der Waals surface area (Å²) in [4.78, 5) is 12.1. The molecule has 2 aromatic carbocycles. The average Bonchev–Trinajstić information content (AvgIpc) is 3.14. The van der Waals surface area contributed by atoms with Crippen molar-refractivity contribution in [2.75, 3.05) is 11.9 Å².